The van der Waals surface area contributed by atoms with Crippen LogP contribution in [0.2, 0.25) is 0 Å². The summed E-state index contributed by atoms with van der Waals surface area (Å²) in [5.74, 6) is 1.53. The van der Waals surface area contributed by atoms with Gasteiger partial charge in [0.05, 0.1) is 14.2 Å². The van der Waals surface area contributed by atoms with Crippen LogP contribution in [0.25, 0.3) is 0 Å². The largest absolute Gasteiger partial charge is 0.497 e. The Morgan fingerprint density at radius 1 is 1.43 bits per heavy atom. The number of likely N-dealkylation sites (tertiary alicyclic amines) is 1. The second-order valence-corrected chi connectivity index (χ2v) is 5.15. The van der Waals surface area contributed by atoms with Gasteiger partial charge in [-0.3, -0.25) is 0 Å². The summed E-state index contributed by atoms with van der Waals surface area (Å²) >= 11 is 0. The third-order valence-corrected chi connectivity index (χ3v) is 3.68. The van der Waals surface area contributed by atoms with Crippen molar-refractivity contribution >= 4 is 6.03 Å². The van der Waals surface area contributed by atoms with Crippen molar-refractivity contribution in [2.24, 2.45) is 5.73 Å². The number of carbonyl (C=O) groups is 1. The quantitative estimate of drug-likeness (QED) is 0.849. The maximum absolute atomic E-state index is 11.9. The van der Waals surface area contributed by atoms with Crippen molar-refractivity contribution in [3.8, 4) is 11.5 Å². The molecule has 6 heteroatoms. The first-order valence-electron chi connectivity index (χ1n) is 7.13. The molecule has 1 heterocycles. The van der Waals surface area contributed by atoms with Crippen molar-refractivity contribution in [1.82, 2.24) is 10.2 Å². The van der Waals surface area contributed by atoms with Gasteiger partial charge in [0, 0.05) is 31.7 Å². The predicted molar refractivity (Wildman–Crippen MR) is 80.8 cm³/mol. The smallest absolute Gasteiger partial charge is 0.317 e. The lowest BCUT2D eigenvalue weighted by atomic mass is 10.1. The van der Waals surface area contributed by atoms with Crippen LogP contribution in [0.15, 0.2) is 18.2 Å². The number of hydrogen-bond donors (Lipinski definition) is 2. The van der Waals surface area contributed by atoms with Crippen molar-refractivity contribution in [2.45, 2.75) is 18.9 Å². The van der Waals surface area contributed by atoms with E-state index in [0.717, 1.165) is 30.0 Å². The molecule has 0 spiro atoms. The molecule has 6 nitrogen and oxygen atoms in total. The molecule has 2 rings (SSSR count). The number of carbonyl (C=O) groups excluding carboxylic acids is 1. The Morgan fingerprint density at radius 2 is 2.24 bits per heavy atom. The zero-order valence-electron chi connectivity index (χ0n) is 12.6. The topological polar surface area (TPSA) is 76.8 Å². The molecule has 21 heavy (non-hydrogen) atoms. The van der Waals surface area contributed by atoms with E-state index in [9.17, 15) is 4.79 Å². The van der Waals surface area contributed by atoms with Crippen LogP contribution in [0, 0.1) is 0 Å². The number of nitrogens with one attached hydrogen (secondary N) is 1. The molecule has 0 aromatic heterocycles. The van der Waals surface area contributed by atoms with Crippen molar-refractivity contribution in [3.63, 3.8) is 0 Å². The highest BCUT2D eigenvalue weighted by Gasteiger charge is 2.23. The summed E-state index contributed by atoms with van der Waals surface area (Å²) in [6.07, 6.45) is 1.58. The summed E-state index contributed by atoms with van der Waals surface area (Å²) < 4.78 is 10.5. The molecular weight excluding hydrogens is 270 g/mol. The summed E-state index contributed by atoms with van der Waals surface area (Å²) in [6, 6.07) is 5.75. The number of hydrogen-bond acceptors (Lipinski definition) is 4. The average molecular weight is 293 g/mol. The van der Waals surface area contributed by atoms with Gasteiger partial charge in [-0.15, -0.1) is 0 Å². The van der Waals surface area contributed by atoms with Gasteiger partial charge in [0.15, 0.2) is 0 Å². The molecule has 1 saturated heterocycles. The van der Waals surface area contributed by atoms with Gasteiger partial charge in [0.25, 0.3) is 0 Å². The Labute approximate surface area is 125 Å². The molecule has 0 aliphatic carbocycles. The minimum Gasteiger partial charge on any atom is -0.497 e. The Bertz CT molecular complexity index is 493. The lowest BCUT2D eigenvalue weighted by Gasteiger charge is -2.17. The number of amides is 2. The zero-order chi connectivity index (χ0) is 15.2. The number of ether oxygens (including phenoxy) is 2. The molecule has 0 saturated carbocycles. The first kappa shape index (κ1) is 15.4. The van der Waals surface area contributed by atoms with Crippen LogP contribution in [0.4, 0.5) is 4.79 Å². The van der Waals surface area contributed by atoms with E-state index in [0.29, 0.717) is 19.5 Å². The standard InChI is InChI=1S/C15H23N3O3/c1-20-13-4-3-11(14(9-13)21-2)5-7-17-15(19)18-8-6-12(16)10-18/h3-4,9,12H,5-8,10,16H2,1-2H3,(H,17,19)/t12-/m0/s1. The van der Waals surface area contributed by atoms with Gasteiger partial charge in [0.2, 0.25) is 0 Å². The first-order valence-corrected chi connectivity index (χ1v) is 7.13. The van der Waals surface area contributed by atoms with Crippen molar-refractivity contribution in [3.05, 3.63) is 23.8 Å². The molecule has 0 bridgehead atoms. The van der Waals surface area contributed by atoms with E-state index >= 15 is 0 Å². The van der Waals surface area contributed by atoms with E-state index in [1.165, 1.54) is 0 Å². The molecule has 1 aliphatic rings. The van der Waals surface area contributed by atoms with E-state index in [1.54, 1.807) is 19.1 Å². The molecule has 1 aliphatic heterocycles. The number of rotatable bonds is 5. The number of methoxy groups -OCH3 is 2. The maximum Gasteiger partial charge on any atom is 0.317 e. The van der Waals surface area contributed by atoms with Gasteiger partial charge in [-0.05, 0) is 24.5 Å². The van der Waals surface area contributed by atoms with Gasteiger partial charge >= 0.3 is 6.03 Å². The molecule has 1 aromatic rings. The normalized spacial score (nSPS) is 17.7. The minimum absolute atomic E-state index is 0.0459. The minimum atomic E-state index is -0.0459. The van der Waals surface area contributed by atoms with E-state index in [1.807, 2.05) is 18.2 Å². The van der Waals surface area contributed by atoms with Crippen LogP contribution in [-0.2, 0) is 6.42 Å². The molecule has 1 fully saturated rings. The van der Waals surface area contributed by atoms with Crippen LogP contribution < -0.4 is 20.5 Å². The molecule has 1 atom stereocenters. The molecule has 0 radical (unpaired) electrons. The molecule has 3 N–H and O–H groups in total. The van der Waals surface area contributed by atoms with Gasteiger partial charge in [-0.25, -0.2) is 4.79 Å². The number of nitrogens with two attached hydrogens (primary N) is 1. The molecular formula is C15H23N3O3. The monoisotopic (exact) mass is 293 g/mol. The van der Waals surface area contributed by atoms with E-state index in [4.69, 9.17) is 15.2 Å². The van der Waals surface area contributed by atoms with Gasteiger partial charge in [-0.2, -0.15) is 0 Å². The Hall–Kier alpha value is -1.95. The van der Waals surface area contributed by atoms with Crippen LogP contribution in [-0.4, -0.2) is 50.8 Å². The SMILES string of the molecule is COc1ccc(CCNC(=O)N2CC[C@H](N)C2)c(OC)c1. The highest BCUT2D eigenvalue weighted by Crippen LogP contribution is 2.24. The van der Waals surface area contributed by atoms with Gasteiger partial charge in [0.1, 0.15) is 11.5 Å². The molecule has 116 valence electrons. The second-order valence-electron chi connectivity index (χ2n) is 5.15. The van der Waals surface area contributed by atoms with E-state index < -0.39 is 0 Å². The lowest BCUT2D eigenvalue weighted by molar-refractivity contribution is 0.208. The second kappa shape index (κ2) is 7.17. The highest BCUT2D eigenvalue weighted by atomic mass is 16.5. The number of urea groups is 1. The van der Waals surface area contributed by atoms with E-state index in [-0.39, 0.29) is 12.1 Å². The summed E-state index contributed by atoms with van der Waals surface area (Å²) in [7, 11) is 3.25. The highest BCUT2D eigenvalue weighted by molar-refractivity contribution is 5.74. The first-order chi connectivity index (χ1) is 10.1. The van der Waals surface area contributed by atoms with Crippen LogP contribution in [0.5, 0.6) is 11.5 Å². The summed E-state index contributed by atoms with van der Waals surface area (Å²) in [5, 5.41) is 2.92. The van der Waals surface area contributed by atoms with Crippen molar-refractivity contribution < 1.29 is 14.3 Å². The summed E-state index contributed by atoms with van der Waals surface area (Å²) in [6.45, 7) is 1.93. The Balaban J connectivity index is 1.84. The number of benzene rings is 1. The Kier molecular flexibility index (Phi) is 5.27. The van der Waals surface area contributed by atoms with Crippen LogP contribution in [0.1, 0.15) is 12.0 Å². The molecule has 0 unspecified atom stereocenters. The fraction of sp³-hybridized carbons (Fsp3) is 0.533. The van der Waals surface area contributed by atoms with Gasteiger partial charge in [-0.1, -0.05) is 6.07 Å². The summed E-state index contributed by atoms with van der Waals surface area (Å²) in [5.41, 5.74) is 6.84. The van der Waals surface area contributed by atoms with Crippen LogP contribution >= 0.6 is 0 Å². The average Bonchev–Trinajstić information content (AvgIpc) is 2.94. The van der Waals surface area contributed by atoms with Gasteiger partial charge < -0.3 is 25.4 Å². The number of nitrogens with zero attached hydrogens (tertiary/aromatic N) is 1. The summed E-state index contributed by atoms with van der Waals surface area (Å²) in [4.78, 5) is 13.7. The van der Waals surface area contributed by atoms with E-state index in [2.05, 4.69) is 5.32 Å². The zero-order valence-corrected chi connectivity index (χ0v) is 12.6. The predicted octanol–water partition coefficient (Wildman–Crippen LogP) is 0.989. The maximum atomic E-state index is 11.9. The fourth-order valence-electron chi connectivity index (χ4n) is 2.45. The Morgan fingerprint density at radius 3 is 2.86 bits per heavy atom. The molecule has 2 amide bonds. The van der Waals surface area contributed by atoms with Crippen molar-refractivity contribution in [2.75, 3.05) is 33.9 Å². The van der Waals surface area contributed by atoms with Crippen LogP contribution in [0.3, 0.4) is 0 Å². The molecule has 1 aromatic carbocycles. The third kappa shape index (κ3) is 4.01. The van der Waals surface area contributed by atoms with Crippen molar-refractivity contribution in [1.29, 1.82) is 0 Å². The fourth-order valence-corrected chi connectivity index (χ4v) is 2.45. The third-order valence-electron chi connectivity index (χ3n) is 3.68. The lowest BCUT2D eigenvalue weighted by Crippen LogP contribution is -2.40.